The summed E-state index contributed by atoms with van der Waals surface area (Å²) in [5, 5.41) is 1.27. The molecule has 0 aliphatic rings. The van der Waals surface area contributed by atoms with Crippen molar-refractivity contribution in [1.82, 2.24) is 4.57 Å². The van der Waals surface area contributed by atoms with Crippen molar-refractivity contribution < 1.29 is 4.74 Å². The van der Waals surface area contributed by atoms with E-state index in [1.807, 2.05) is 6.07 Å². The monoisotopic (exact) mass is 231 g/mol. The Hall–Kier alpha value is -1.44. The number of benzene rings is 1. The molecule has 2 aromatic rings. The molecule has 0 amide bonds. The van der Waals surface area contributed by atoms with E-state index in [0.29, 0.717) is 12.0 Å². The highest BCUT2D eigenvalue weighted by molar-refractivity contribution is 5.83. The van der Waals surface area contributed by atoms with Gasteiger partial charge in [-0.25, -0.2) is 0 Å². The summed E-state index contributed by atoms with van der Waals surface area (Å²) in [6.45, 7) is 8.94. The second kappa shape index (κ2) is 4.44. The van der Waals surface area contributed by atoms with E-state index in [9.17, 15) is 0 Å². The fraction of sp³-hybridized carbons (Fsp3) is 0.467. The number of nitrogens with zero attached hydrogens (tertiary/aromatic N) is 1. The van der Waals surface area contributed by atoms with Gasteiger partial charge in [-0.2, -0.15) is 0 Å². The predicted octanol–water partition coefficient (Wildman–Crippen LogP) is 4.35. The molecule has 0 radical (unpaired) electrons. The zero-order chi connectivity index (χ0) is 12.6. The third-order valence-electron chi connectivity index (χ3n) is 3.18. The van der Waals surface area contributed by atoms with Crippen LogP contribution >= 0.6 is 0 Å². The van der Waals surface area contributed by atoms with Crippen molar-refractivity contribution in [3.8, 4) is 5.75 Å². The number of methoxy groups -OCH3 is 1. The van der Waals surface area contributed by atoms with Gasteiger partial charge in [-0.15, -0.1) is 0 Å². The van der Waals surface area contributed by atoms with Gasteiger partial charge in [0, 0.05) is 22.6 Å². The number of fused-ring (bicyclic) bond motifs is 1. The Bertz CT molecular complexity index is 523. The molecular weight excluding hydrogens is 210 g/mol. The second-order valence-corrected chi connectivity index (χ2v) is 5.11. The van der Waals surface area contributed by atoms with E-state index in [2.05, 4.69) is 50.5 Å². The fourth-order valence-electron chi connectivity index (χ4n) is 2.38. The number of ether oxygens (including phenoxy) is 1. The number of hydrogen-bond acceptors (Lipinski definition) is 1. The van der Waals surface area contributed by atoms with E-state index in [1.54, 1.807) is 7.11 Å². The molecule has 2 heteroatoms. The first-order valence-corrected chi connectivity index (χ1v) is 6.23. The summed E-state index contributed by atoms with van der Waals surface area (Å²) in [4.78, 5) is 0. The molecule has 0 saturated heterocycles. The minimum atomic E-state index is 0.485. The molecular formula is C15H21NO. The third-order valence-corrected chi connectivity index (χ3v) is 3.18. The Morgan fingerprint density at radius 3 is 2.29 bits per heavy atom. The Morgan fingerprint density at radius 1 is 1.06 bits per heavy atom. The van der Waals surface area contributed by atoms with Crippen LogP contribution in [0.15, 0.2) is 24.3 Å². The summed E-state index contributed by atoms with van der Waals surface area (Å²) in [6, 6.07) is 9.06. The molecule has 0 aliphatic carbocycles. The van der Waals surface area contributed by atoms with Gasteiger partial charge in [0.25, 0.3) is 0 Å². The Morgan fingerprint density at radius 2 is 1.76 bits per heavy atom. The van der Waals surface area contributed by atoms with E-state index in [-0.39, 0.29) is 0 Å². The lowest BCUT2D eigenvalue weighted by atomic mass is 10.1. The van der Waals surface area contributed by atoms with Crippen molar-refractivity contribution in [3.63, 3.8) is 0 Å². The summed E-state index contributed by atoms with van der Waals surface area (Å²) in [6.07, 6.45) is 0. The Kier molecular flexibility index (Phi) is 3.14. The van der Waals surface area contributed by atoms with Gasteiger partial charge in [0.05, 0.1) is 7.11 Å². The van der Waals surface area contributed by atoms with Crippen LogP contribution in [-0.2, 0) is 0 Å². The molecule has 1 heterocycles. The highest BCUT2D eigenvalue weighted by atomic mass is 16.5. The maximum atomic E-state index is 5.28. The lowest BCUT2D eigenvalue weighted by Crippen LogP contribution is -2.06. The minimum Gasteiger partial charge on any atom is -0.497 e. The smallest absolute Gasteiger partial charge is 0.119 e. The molecule has 0 spiro atoms. The topological polar surface area (TPSA) is 14.2 Å². The first kappa shape index (κ1) is 12.0. The maximum absolute atomic E-state index is 5.28. The molecule has 2 rings (SSSR count). The third kappa shape index (κ3) is 2.04. The molecule has 2 nitrogen and oxygen atoms in total. The zero-order valence-corrected chi connectivity index (χ0v) is 11.3. The molecule has 92 valence electrons. The van der Waals surface area contributed by atoms with Crippen molar-refractivity contribution in [2.75, 3.05) is 7.11 Å². The van der Waals surface area contributed by atoms with Crippen LogP contribution in [0, 0.1) is 0 Å². The second-order valence-electron chi connectivity index (χ2n) is 5.11. The van der Waals surface area contributed by atoms with Crippen LogP contribution in [0.4, 0.5) is 0 Å². The Labute approximate surface area is 103 Å². The lowest BCUT2D eigenvalue weighted by Gasteiger charge is -2.16. The molecule has 1 aromatic heterocycles. The van der Waals surface area contributed by atoms with Crippen molar-refractivity contribution in [3.05, 3.63) is 30.0 Å². The van der Waals surface area contributed by atoms with Gasteiger partial charge in [0.15, 0.2) is 0 Å². The molecule has 1 aromatic carbocycles. The van der Waals surface area contributed by atoms with E-state index >= 15 is 0 Å². The van der Waals surface area contributed by atoms with Crippen LogP contribution < -0.4 is 4.74 Å². The van der Waals surface area contributed by atoms with Crippen molar-refractivity contribution in [2.45, 2.75) is 39.7 Å². The van der Waals surface area contributed by atoms with Gasteiger partial charge in [0.2, 0.25) is 0 Å². The van der Waals surface area contributed by atoms with Gasteiger partial charge >= 0.3 is 0 Å². The normalized spacial score (nSPS) is 11.7. The lowest BCUT2D eigenvalue weighted by molar-refractivity contribution is 0.415. The van der Waals surface area contributed by atoms with Crippen LogP contribution in [0.2, 0.25) is 0 Å². The molecule has 0 bridgehead atoms. The largest absolute Gasteiger partial charge is 0.497 e. The van der Waals surface area contributed by atoms with E-state index in [4.69, 9.17) is 4.74 Å². The fourth-order valence-corrected chi connectivity index (χ4v) is 2.38. The molecule has 0 aliphatic heterocycles. The molecule has 0 N–H and O–H groups in total. The number of rotatable bonds is 3. The van der Waals surface area contributed by atoms with Crippen molar-refractivity contribution in [2.24, 2.45) is 0 Å². The standard InChI is InChI=1S/C15H21NO/c1-10(2)15-9-12-8-13(17-5)6-7-14(12)16(15)11(3)4/h6-11H,1-5H3. The Balaban J connectivity index is 2.70. The predicted molar refractivity (Wildman–Crippen MR) is 73.0 cm³/mol. The van der Waals surface area contributed by atoms with Gasteiger partial charge in [-0.05, 0) is 44.0 Å². The van der Waals surface area contributed by atoms with Crippen LogP contribution in [0.3, 0.4) is 0 Å². The first-order chi connectivity index (χ1) is 8.04. The van der Waals surface area contributed by atoms with Crippen LogP contribution in [-0.4, -0.2) is 11.7 Å². The molecule has 17 heavy (non-hydrogen) atoms. The molecule has 0 fully saturated rings. The van der Waals surface area contributed by atoms with Gasteiger partial charge in [0.1, 0.15) is 5.75 Å². The molecule has 0 saturated carbocycles. The quantitative estimate of drug-likeness (QED) is 0.765. The molecule has 0 atom stereocenters. The average molecular weight is 231 g/mol. The van der Waals surface area contributed by atoms with Gasteiger partial charge in [-0.1, -0.05) is 13.8 Å². The van der Waals surface area contributed by atoms with E-state index in [1.165, 1.54) is 16.6 Å². The summed E-state index contributed by atoms with van der Waals surface area (Å²) < 4.78 is 7.70. The number of hydrogen-bond donors (Lipinski definition) is 0. The maximum Gasteiger partial charge on any atom is 0.119 e. The zero-order valence-electron chi connectivity index (χ0n) is 11.3. The summed E-state index contributed by atoms with van der Waals surface area (Å²) in [5.41, 5.74) is 2.69. The SMILES string of the molecule is COc1ccc2c(c1)cc(C(C)C)n2C(C)C. The number of aromatic nitrogens is 1. The summed E-state index contributed by atoms with van der Waals surface area (Å²) in [5.74, 6) is 1.46. The highest BCUT2D eigenvalue weighted by Crippen LogP contribution is 2.30. The van der Waals surface area contributed by atoms with Crippen LogP contribution in [0.1, 0.15) is 45.3 Å². The van der Waals surface area contributed by atoms with E-state index < -0.39 is 0 Å². The highest BCUT2D eigenvalue weighted by Gasteiger charge is 2.14. The average Bonchev–Trinajstić information content (AvgIpc) is 2.66. The van der Waals surface area contributed by atoms with Crippen molar-refractivity contribution in [1.29, 1.82) is 0 Å². The van der Waals surface area contributed by atoms with Crippen molar-refractivity contribution >= 4 is 10.9 Å². The van der Waals surface area contributed by atoms with Gasteiger partial charge in [-0.3, -0.25) is 0 Å². The van der Waals surface area contributed by atoms with Crippen LogP contribution in [0.25, 0.3) is 10.9 Å². The first-order valence-electron chi connectivity index (χ1n) is 6.23. The van der Waals surface area contributed by atoms with Gasteiger partial charge < -0.3 is 9.30 Å². The minimum absolute atomic E-state index is 0.485. The van der Waals surface area contributed by atoms with E-state index in [0.717, 1.165) is 5.75 Å². The van der Waals surface area contributed by atoms with Crippen LogP contribution in [0.5, 0.6) is 5.75 Å². The molecule has 0 unspecified atom stereocenters. The summed E-state index contributed by atoms with van der Waals surface area (Å²) >= 11 is 0. The summed E-state index contributed by atoms with van der Waals surface area (Å²) in [7, 11) is 1.71.